The van der Waals surface area contributed by atoms with Crippen LogP contribution in [0.1, 0.15) is 41.5 Å². The summed E-state index contributed by atoms with van der Waals surface area (Å²) in [6.45, 7) is 4.21. The molecular weight excluding hydrogens is 411 g/mol. The molecule has 0 aliphatic heterocycles. The van der Waals surface area contributed by atoms with E-state index in [1.165, 1.54) is 30.1 Å². The first-order valence-electron chi connectivity index (χ1n) is 9.57. The molecule has 6 nitrogen and oxygen atoms in total. The molecule has 0 bridgehead atoms. The Morgan fingerprint density at radius 3 is 2.61 bits per heavy atom. The molecule has 0 radical (unpaired) electrons. The minimum absolute atomic E-state index is 0.0345. The van der Waals surface area contributed by atoms with Gasteiger partial charge in [-0.3, -0.25) is 4.79 Å². The lowest BCUT2D eigenvalue weighted by molar-refractivity contribution is -0.137. The minimum Gasteiger partial charge on any atom is -0.494 e. The first-order valence-corrected chi connectivity index (χ1v) is 9.57. The number of rotatable bonds is 7. The Labute approximate surface area is 177 Å². The largest absolute Gasteiger partial charge is 0.494 e. The molecular formula is C22H22F3N3O3. The van der Waals surface area contributed by atoms with Crippen LogP contribution >= 0.6 is 0 Å². The van der Waals surface area contributed by atoms with Crippen molar-refractivity contribution in [3.8, 4) is 17.2 Å². The quantitative estimate of drug-likeness (QED) is 0.582. The van der Waals surface area contributed by atoms with Crippen LogP contribution in [0.4, 0.5) is 13.2 Å². The molecule has 1 unspecified atom stereocenters. The zero-order chi connectivity index (χ0) is 22.6. The number of halogens is 3. The van der Waals surface area contributed by atoms with Gasteiger partial charge in [0.15, 0.2) is 11.4 Å². The summed E-state index contributed by atoms with van der Waals surface area (Å²) in [6.07, 6.45) is -3.12. The summed E-state index contributed by atoms with van der Waals surface area (Å²) in [5, 5.41) is 6.98. The second kappa shape index (κ2) is 9.11. The predicted molar refractivity (Wildman–Crippen MR) is 109 cm³/mol. The van der Waals surface area contributed by atoms with Crippen LogP contribution in [0.2, 0.25) is 0 Å². The van der Waals surface area contributed by atoms with Crippen LogP contribution in [-0.4, -0.2) is 29.4 Å². The zero-order valence-corrected chi connectivity index (χ0v) is 17.2. The molecule has 31 heavy (non-hydrogen) atoms. The number of aromatic nitrogens is 2. The van der Waals surface area contributed by atoms with Crippen molar-refractivity contribution in [2.24, 2.45) is 0 Å². The lowest BCUT2D eigenvalue weighted by atomic mass is 10.1. The van der Waals surface area contributed by atoms with Gasteiger partial charge in [0.2, 0.25) is 0 Å². The maximum absolute atomic E-state index is 13.0. The van der Waals surface area contributed by atoms with Gasteiger partial charge in [-0.05, 0) is 49.7 Å². The molecule has 2 aromatic carbocycles. The summed E-state index contributed by atoms with van der Waals surface area (Å²) >= 11 is 0. The number of carbonyl (C=O) groups excluding carboxylic acids is 1. The van der Waals surface area contributed by atoms with E-state index in [0.717, 1.165) is 17.7 Å². The molecule has 1 heterocycles. The van der Waals surface area contributed by atoms with Gasteiger partial charge in [0.25, 0.3) is 5.91 Å². The van der Waals surface area contributed by atoms with Crippen molar-refractivity contribution >= 4 is 5.91 Å². The summed E-state index contributed by atoms with van der Waals surface area (Å²) < 4.78 is 50.9. The van der Waals surface area contributed by atoms with Crippen LogP contribution in [0.15, 0.2) is 54.7 Å². The van der Waals surface area contributed by atoms with E-state index < -0.39 is 17.6 Å². The van der Waals surface area contributed by atoms with Crippen LogP contribution in [0.3, 0.4) is 0 Å². The van der Waals surface area contributed by atoms with E-state index in [9.17, 15) is 18.0 Å². The molecule has 1 aromatic heterocycles. The van der Waals surface area contributed by atoms with Gasteiger partial charge in [-0.1, -0.05) is 18.2 Å². The molecule has 9 heteroatoms. The van der Waals surface area contributed by atoms with Crippen LogP contribution in [0, 0.1) is 0 Å². The molecule has 0 fully saturated rings. The Balaban J connectivity index is 1.84. The standard InChI is InChI=1S/C22H22F3N3O3/c1-4-31-18-10-5-7-15(11-18)14(2)26-21(29)20-19(30-3)13-28(27-20)17-9-6-8-16(12-17)22(23,24)25/h5-14H,4H2,1-3H3,(H,26,29). The fourth-order valence-electron chi connectivity index (χ4n) is 3.01. The fraction of sp³-hybridized carbons (Fsp3) is 0.273. The van der Waals surface area contributed by atoms with Crippen molar-refractivity contribution < 1.29 is 27.4 Å². The molecule has 1 atom stereocenters. The van der Waals surface area contributed by atoms with Crippen LogP contribution in [-0.2, 0) is 6.18 Å². The van der Waals surface area contributed by atoms with E-state index in [1.54, 1.807) is 6.92 Å². The predicted octanol–water partition coefficient (Wildman–Crippen LogP) is 4.79. The van der Waals surface area contributed by atoms with E-state index in [-0.39, 0.29) is 23.2 Å². The van der Waals surface area contributed by atoms with Gasteiger partial charge in [-0.2, -0.15) is 18.3 Å². The summed E-state index contributed by atoms with van der Waals surface area (Å²) in [7, 11) is 1.36. The number of hydrogen-bond acceptors (Lipinski definition) is 4. The van der Waals surface area contributed by atoms with Crippen LogP contribution < -0.4 is 14.8 Å². The van der Waals surface area contributed by atoms with Crippen LogP contribution in [0.25, 0.3) is 5.69 Å². The molecule has 0 saturated heterocycles. The van der Waals surface area contributed by atoms with Crippen molar-refractivity contribution in [2.45, 2.75) is 26.1 Å². The maximum Gasteiger partial charge on any atom is 0.416 e. The number of alkyl halides is 3. The Morgan fingerprint density at radius 1 is 1.19 bits per heavy atom. The SMILES string of the molecule is CCOc1cccc(C(C)NC(=O)c2nn(-c3cccc(C(F)(F)F)c3)cc2OC)c1. The molecule has 0 aliphatic carbocycles. The van der Waals surface area contributed by atoms with Crippen molar-refractivity contribution in [2.75, 3.05) is 13.7 Å². The average molecular weight is 433 g/mol. The van der Waals surface area contributed by atoms with Gasteiger partial charge >= 0.3 is 6.18 Å². The number of ether oxygens (including phenoxy) is 2. The Hall–Kier alpha value is -3.49. The van der Waals surface area contributed by atoms with Gasteiger partial charge in [0.05, 0.1) is 37.2 Å². The smallest absolute Gasteiger partial charge is 0.416 e. The normalized spacial score (nSPS) is 12.3. The van der Waals surface area contributed by atoms with Crippen molar-refractivity contribution in [1.29, 1.82) is 0 Å². The van der Waals surface area contributed by atoms with E-state index >= 15 is 0 Å². The van der Waals surface area contributed by atoms with Crippen LogP contribution in [0.5, 0.6) is 11.5 Å². The molecule has 3 aromatic rings. The zero-order valence-electron chi connectivity index (χ0n) is 17.2. The van der Waals surface area contributed by atoms with Gasteiger partial charge in [0, 0.05) is 0 Å². The Bertz CT molecular complexity index is 1060. The van der Waals surface area contributed by atoms with E-state index in [4.69, 9.17) is 9.47 Å². The van der Waals surface area contributed by atoms with Gasteiger partial charge in [-0.15, -0.1) is 0 Å². The Kier molecular flexibility index (Phi) is 6.53. The first-order chi connectivity index (χ1) is 14.7. The highest BCUT2D eigenvalue weighted by atomic mass is 19.4. The van der Waals surface area contributed by atoms with Crippen molar-refractivity contribution in [3.05, 3.63) is 71.5 Å². The molecule has 3 rings (SSSR count). The monoisotopic (exact) mass is 433 g/mol. The number of nitrogens with one attached hydrogen (secondary N) is 1. The number of benzene rings is 2. The second-order valence-corrected chi connectivity index (χ2v) is 6.74. The number of nitrogens with zero attached hydrogens (tertiary/aromatic N) is 2. The Morgan fingerprint density at radius 2 is 1.94 bits per heavy atom. The maximum atomic E-state index is 13.0. The summed E-state index contributed by atoms with van der Waals surface area (Å²) in [6, 6.07) is 11.6. The minimum atomic E-state index is -4.49. The second-order valence-electron chi connectivity index (χ2n) is 6.74. The van der Waals surface area contributed by atoms with E-state index in [2.05, 4.69) is 10.4 Å². The number of methoxy groups -OCH3 is 1. The number of amides is 1. The van der Waals surface area contributed by atoms with E-state index in [1.807, 2.05) is 31.2 Å². The molecule has 1 N–H and O–H groups in total. The van der Waals surface area contributed by atoms with Gasteiger partial charge < -0.3 is 14.8 Å². The highest BCUT2D eigenvalue weighted by molar-refractivity contribution is 5.95. The molecule has 164 valence electrons. The van der Waals surface area contributed by atoms with Gasteiger partial charge in [0.1, 0.15) is 5.75 Å². The highest BCUT2D eigenvalue weighted by Crippen LogP contribution is 2.31. The lowest BCUT2D eigenvalue weighted by Crippen LogP contribution is -2.27. The summed E-state index contributed by atoms with van der Waals surface area (Å²) in [4.78, 5) is 12.8. The average Bonchev–Trinajstić information content (AvgIpc) is 3.18. The van der Waals surface area contributed by atoms with Crippen molar-refractivity contribution in [1.82, 2.24) is 15.1 Å². The third-order valence-corrected chi connectivity index (χ3v) is 4.57. The molecule has 0 saturated carbocycles. The number of carbonyl (C=O) groups is 1. The molecule has 0 aliphatic rings. The van der Waals surface area contributed by atoms with Gasteiger partial charge in [-0.25, -0.2) is 4.68 Å². The summed E-state index contributed by atoms with van der Waals surface area (Å²) in [5.74, 6) is 0.314. The molecule has 0 spiro atoms. The van der Waals surface area contributed by atoms with Crippen molar-refractivity contribution in [3.63, 3.8) is 0 Å². The number of hydrogen-bond donors (Lipinski definition) is 1. The van der Waals surface area contributed by atoms with E-state index in [0.29, 0.717) is 12.4 Å². The summed E-state index contributed by atoms with van der Waals surface area (Å²) in [5.41, 5.74) is 0.140. The molecule has 1 amide bonds. The fourth-order valence-corrected chi connectivity index (χ4v) is 3.01. The lowest BCUT2D eigenvalue weighted by Gasteiger charge is -2.15. The highest BCUT2D eigenvalue weighted by Gasteiger charge is 2.31. The first kappa shape index (κ1) is 22.2. The third kappa shape index (κ3) is 5.17. The topological polar surface area (TPSA) is 65.4 Å². The third-order valence-electron chi connectivity index (χ3n) is 4.57.